The molecule has 0 amide bonds. The molecule has 0 heterocycles. The third-order valence-corrected chi connectivity index (χ3v) is 8.80. The van der Waals surface area contributed by atoms with E-state index in [0.717, 1.165) is 0 Å². The third-order valence-electron chi connectivity index (χ3n) is 8.13. The van der Waals surface area contributed by atoms with Crippen molar-refractivity contribution in [1.29, 1.82) is 0 Å². The normalized spacial score (nSPS) is 47.4. The molecule has 7 atom stereocenters. The highest BCUT2D eigenvalue weighted by atomic mass is 32.1. The molecular weight excluding hydrogens is 411 g/mol. The summed E-state index contributed by atoms with van der Waals surface area (Å²) < 4.78 is 16.6. The molecule has 170 valence electrons. The first kappa shape index (κ1) is 23.8. The molecule has 2 saturated carbocycles. The summed E-state index contributed by atoms with van der Waals surface area (Å²) in [6.45, 7) is 3.78. The predicted molar refractivity (Wildman–Crippen MR) is 114 cm³/mol. The van der Waals surface area contributed by atoms with Crippen LogP contribution in [0.25, 0.3) is 0 Å². The Morgan fingerprint density at radius 3 is 2.70 bits per heavy atom. The van der Waals surface area contributed by atoms with Crippen molar-refractivity contribution in [2.45, 2.75) is 75.2 Å². The zero-order chi connectivity index (χ0) is 22.8. The van der Waals surface area contributed by atoms with E-state index in [1.54, 1.807) is 13.8 Å². The van der Waals surface area contributed by atoms with E-state index < -0.39 is 45.8 Å². The first-order chi connectivity index (χ1) is 13.7. The maximum absolute atomic E-state index is 16.6. The van der Waals surface area contributed by atoms with Gasteiger partial charge in [-0.05, 0) is 51.2 Å². The third kappa shape index (κ3) is 2.97. The summed E-state index contributed by atoms with van der Waals surface area (Å²) in [7, 11) is 0. The molecule has 0 bridgehead atoms. The summed E-state index contributed by atoms with van der Waals surface area (Å²) in [6, 6.07) is 0. The fourth-order valence-electron chi connectivity index (χ4n) is 5.97. The number of hydrogen-bond acceptors (Lipinski definition) is 8. The van der Waals surface area contributed by atoms with Crippen molar-refractivity contribution in [3.8, 4) is 0 Å². The van der Waals surface area contributed by atoms with Crippen LogP contribution in [0.15, 0.2) is 23.8 Å². The number of ketones is 1. The van der Waals surface area contributed by atoms with Crippen LogP contribution >= 0.6 is 12.6 Å². The Balaban J connectivity index is 2.02. The number of thiol groups is 1. The zero-order valence-electron chi connectivity index (χ0n) is 17.6. The fourth-order valence-corrected chi connectivity index (χ4v) is 6.50. The topological polar surface area (TPSA) is 130 Å². The quantitative estimate of drug-likeness (QED) is 0.249. The second-order valence-electron chi connectivity index (χ2n) is 9.65. The summed E-state index contributed by atoms with van der Waals surface area (Å²) in [5.74, 6) is -0.893. The van der Waals surface area contributed by atoms with Crippen LogP contribution in [0.3, 0.4) is 0 Å². The van der Waals surface area contributed by atoms with Crippen molar-refractivity contribution in [3.63, 3.8) is 0 Å². The number of aliphatic hydroxyl groups excluding tert-OH is 2. The van der Waals surface area contributed by atoms with Gasteiger partial charge in [0.1, 0.15) is 11.4 Å². The Hall–Kier alpha value is -0.810. The highest BCUT2D eigenvalue weighted by Gasteiger charge is 2.68. The molecule has 0 saturated heterocycles. The average molecular weight is 444 g/mol. The first-order valence-corrected chi connectivity index (χ1v) is 10.7. The van der Waals surface area contributed by atoms with Gasteiger partial charge in [0.25, 0.3) is 0 Å². The van der Waals surface area contributed by atoms with Gasteiger partial charge in [-0.25, -0.2) is 4.39 Å². The van der Waals surface area contributed by atoms with Crippen molar-refractivity contribution in [2.24, 2.45) is 22.5 Å². The second-order valence-corrected chi connectivity index (χ2v) is 10.4. The minimum Gasteiger partial charge on any atom is -0.782 e. The van der Waals surface area contributed by atoms with Crippen LogP contribution in [0.5, 0.6) is 0 Å². The maximum Gasteiger partial charge on any atom is 0.178 e. The van der Waals surface area contributed by atoms with Gasteiger partial charge in [-0.2, -0.15) is 12.6 Å². The molecule has 0 aromatic carbocycles. The SMILES string of the molecule is C[C@H]1C[C@@](N)(S)[C@](C)(C[C@H](O)[C@@]2(F)CCCC3=CC(=O)C=C[C@@]32C)[C@@]1(O)N([O-])CO. The van der Waals surface area contributed by atoms with E-state index >= 15 is 4.39 Å². The van der Waals surface area contributed by atoms with Crippen molar-refractivity contribution in [2.75, 3.05) is 6.73 Å². The number of hydroxylamine groups is 2. The minimum absolute atomic E-state index is 0.0514. The number of nitrogens with zero attached hydrogens (tertiary/aromatic N) is 1. The van der Waals surface area contributed by atoms with Gasteiger partial charge in [0.2, 0.25) is 0 Å². The average Bonchev–Trinajstić information content (AvgIpc) is 2.80. The van der Waals surface area contributed by atoms with Crippen LogP contribution in [0, 0.1) is 22.0 Å². The van der Waals surface area contributed by atoms with E-state index in [9.17, 15) is 25.3 Å². The number of carbonyl (C=O) groups is 1. The van der Waals surface area contributed by atoms with E-state index in [2.05, 4.69) is 12.6 Å². The molecule has 0 unspecified atom stereocenters. The predicted octanol–water partition coefficient (Wildman–Crippen LogP) is 1.77. The van der Waals surface area contributed by atoms with Gasteiger partial charge in [-0.15, -0.1) is 0 Å². The lowest BCUT2D eigenvalue weighted by Gasteiger charge is -2.57. The summed E-state index contributed by atoms with van der Waals surface area (Å²) in [6.07, 6.45) is 3.46. The van der Waals surface area contributed by atoms with Gasteiger partial charge in [0, 0.05) is 16.7 Å². The standard InChI is InChI=1S/C21H32FN2O5S/c1-13-10-20(23,30)18(3,21(13,28)24(29)12-25)11-16(27)19(22)7-4-5-14-9-15(26)6-8-17(14,19)2/h6,8-9,13,16,25,27-28,30H,4-5,7,10-12,23H2,1-3H3/q-1/t13-,16-,17-,18-,19-,20+,21+/m0/s1. The van der Waals surface area contributed by atoms with Gasteiger partial charge < -0.3 is 31.3 Å². The molecule has 0 aliphatic heterocycles. The summed E-state index contributed by atoms with van der Waals surface area (Å²) in [5, 5.41) is 44.7. The molecule has 0 aromatic rings. The number of halogens is 1. The monoisotopic (exact) mass is 443 g/mol. The molecule has 2 fully saturated rings. The van der Waals surface area contributed by atoms with Crippen molar-refractivity contribution in [3.05, 3.63) is 29.0 Å². The fraction of sp³-hybridized carbons (Fsp3) is 0.762. The van der Waals surface area contributed by atoms with Gasteiger partial charge in [0.15, 0.2) is 5.78 Å². The Bertz CT molecular complexity index is 791. The van der Waals surface area contributed by atoms with Crippen molar-refractivity contribution in [1.82, 2.24) is 5.06 Å². The molecule has 9 heteroatoms. The van der Waals surface area contributed by atoms with Crippen LogP contribution in [0.4, 0.5) is 4.39 Å². The molecule has 3 aliphatic rings. The molecule has 5 N–H and O–H groups in total. The molecule has 0 radical (unpaired) electrons. The molecule has 3 aliphatic carbocycles. The molecular formula is C21H32FN2O5S-. The van der Waals surface area contributed by atoms with E-state index in [4.69, 9.17) is 5.73 Å². The summed E-state index contributed by atoms with van der Waals surface area (Å²) in [5.41, 5.74) is -0.0368. The van der Waals surface area contributed by atoms with Crippen molar-refractivity contribution >= 4 is 18.4 Å². The lowest BCUT2D eigenvalue weighted by atomic mass is 9.57. The Kier molecular flexibility index (Phi) is 5.85. The number of aliphatic hydroxyl groups is 3. The second kappa shape index (κ2) is 7.37. The Morgan fingerprint density at radius 1 is 1.47 bits per heavy atom. The number of carbonyl (C=O) groups excluding carboxylic acids is 1. The van der Waals surface area contributed by atoms with Crippen molar-refractivity contribution < 1.29 is 24.5 Å². The Morgan fingerprint density at radius 2 is 2.10 bits per heavy atom. The van der Waals surface area contributed by atoms with Gasteiger partial charge in [0.05, 0.1) is 17.7 Å². The summed E-state index contributed by atoms with van der Waals surface area (Å²) in [4.78, 5) is 10.4. The summed E-state index contributed by atoms with van der Waals surface area (Å²) >= 11 is 4.49. The number of allylic oxidation sites excluding steroid dienone is 4. The van der Waals surface area contributed by atoms with E-state index in [1.807, 2.05) is 0 Å². The van der Waals surface area contributed by atoms with Crippen LogP contribution < -0.4 is 5.73 Å². The van der Waals surface area contributed by atoms with Gasteiger partial charge >= 0.3 is 0 Å². The van der Waals surface area contributed by atoms with Gasteiger partial charge in [-0.3, -0.25) is 4.79 Å². The minimum atomic E-state index is -2.15. The van der Waals surface area contributed by atoms with Gasteiger partial charge in [-0.1, -0.05) is 25.5 Å². The number of nitrogens with two attached hydrogens (primary N) is 1. The highest BCUT2D eigenvalue weighted by molar-refractivity contribution is 7.81. The largest absolute Gasteiger partial charge is 0.782 e. The lowest BCUT2D eigenvalue weighted by molar-refractivity contribution is -0.216. The molecule has 30 heavy (non-hydrogen) atoms. The smallest absolute Gasteiger partial charge is 0.178 e. The zero-order valence-corrected chi connectivity index (χ0v) is 18.5. The number of fused-ring (bicyclic) bond motifs is 1. The molecule has 3 rings (SSSR count). The highest BCUT2D eigenvalue weighted by Crippen LogP contribution is 2.62. The maximum atomic E-state index is 16.6. The van der Waals surface area contributed by atoms with E-state index in [1.165, 1.54) is 25.2 Å². The number of hydrogen-bond donors (Lipinski definition) is 5. The Labute approximate surface area is 181 Å². The molecule has 7 nitrogen and oxygen atoms in total. The number of rotatable bonds is 5. The molecule has 0 spiro atoms. The van der Waals surface area contributed by atoms with E-state index in [0.29, 0.717) is 18.4 Å². The first-order valence-electron chi connectivity index (χ1n) is 10.3. The van der Waals surface area contributed by atoms with Crippen LogP contribution in [0.2, 0.25) is 0 Å². The number of alkyl halides is 1. The van der Waals surface area contributed by atoms with Crippen LogP contribution in [-0.4, -0.2) is 55.3 Å². The molecule has 0 aromatic heterocycles. The van der Waals surface area contributed by atoms with E-state index in [-0.39, 0.29) is 30.1 Å². The van der Waals surface area contributed by atoms with Crippen LogP contribution in [0.1, 0.15) is 52.9 Å². The van der Waals surface area contributed by atoms with Crippen LogP contribution in [-0.2, 0) is 4.79 Å². The lowest BCUT2D eigenvalue weighted by Crippen LogP contribution is -2.66.